The van der Waals surface area contributed by atoms with Gasteiger partial charge in [0, 0.05) is 41.5 Å². The lowest BCUT2D eigenvalue weighted by atomic mass is 10.00. The highest BCUT2D eigenvalue weighted by Gasteiger charge is 2.25. The second-order valence-electron chi connectivity index (χ2n) is 7.56. The van der Waals surface area contributed by atoms with Gasteiger partial charge in [-0.15, -0.1) is 0 Å². The van der Waals surface area contributed by atoms with Crippen molar-refractivity contribution in [2.24, 2.45) is 0 Å². The molecule has 0 aliphatic carbocycles. The van der Waals surface area contributed by atoms with Gasteiger partial charge in [-0.25, -0.2) is 4.39 Å². The summed E-state index contributed by atoms with van der Waals surface area (Å²) in [5.74, 6) is 0.0834. The predicted molar refractivity (Wildman–Crippen MR) is 122 cm³/mol. The first kappa shape index (κ1) is 21.5. The molecule has 6 nitrogen and oxygen atoms in total. The van der Waals surface area contributed by atoms with Crippen molar-refractivity contribution in [2.75, 3.05) is 13.7 Å². The third kappa shape index (κ3) is 4.06. The topological polar surface area (TPSA) is 71.1 Å². The Balaban J connectivity index is 1.68. The summed E-state index contributed by atoms with van der Waals surface area (Å²) in [4.78, 5) is 19.4. The van der Waals surface area contributed by atoms with Gasteiger partial charge in [-0.2, -0.15) is 5.10 Å². The van der Waals surface area contributed by atoms with Crippen molar-refractivity contribution in [3.63, 3.8) is 0 Å². The zero-order valence-corrected chi connectivity index (χ0v) is 18.3. The first-order valence-electron chi connectivity index (χ1n) is 10.6. The molecule has 7 heteroatoms. The van der Waals surface area contributed by atoms with Crippen LogP contribution in [-0.4, -0.2) is 39.6 Å². The van der Waals surface area contributed by atoms with Crippen molar-refractivity contribution in [3.05, 3.63) is 78.0 Å². The molecule has 0 radical (unpaired) electrons. The fourth-order valence-corrected chi connectivity index (χ4v) is 4.01. The van der Waals surface area contributed by atoms with E-state index in [-0.39, 0.29) is 17.8 Å². The standard InChI is InChI=1S/C25H25FN4O2/c1-4-22(21-15-27-13-18-14-28-29-24(18)21)30(3)25(31)17-9-10-20(23(12-17)32-5-2)16-7-6-8-19(26)11-16/h6-15,22H,4-5H2,1-3H3,(H,28,29). The van der Waals surface area contributed by atoms with Crippen LogP contribution in [0, 0.1) is 5.82 Å². The number of aromatic amines is 1. The van der Waals surface area contributed by atoms with Crippen molar-refractivity contribution in [1.82, 2.24) is 20.1 Å². The fourth-order valence-electron chi connectivity index (χ4n) is 4.01. The maximum absolute atomic E-state index is 13.7. The monoisotopic (exact) mass is 432 g/mol. The number of rotatable bonds is 7. The molecule has 1 amide bonds. The molecule has 1 N–H and O–H groups in total. The molecular formula is C25H25FN4O2. The Morgan fingerprint density at radius 1 is 1.16 bits per heavy atom. The zero-order chi connectivity index (χ0) is 22.7. The number of hydrogen-bond acceptors (Lipinski definition) is 4. The van der Waals surface area contributed by atoms with E-state index in [0.717, 1.165) is 22.0 Å². The van der Waals surface area contributed by atoms with Crippen LogP contribution in [0.2, 0.25) is 0 Å². The molecule has 2 heterocycles. The van der Waals surface area contributed by atoms with Gasteiger partial charge in [-0.3, -0.25) is 14.9 Å². The minimum absolute atomic E-state index is 0.139. The lowest BCUT2D eigenvalue weighted by Gasteiger charge is -2.28. The predicted octanol–water partition coefficient (Wildman–Crippen LogP) is 5.39. The van der Waals surface area contributed by atoms with Crippen molar-refractivity contribution < 1.29 is 13.9 Å². The molecule has 2 aromatic heterocycles. The summed E-state index contributed by atoms with van der Waals surface area (Å²) in [7, 11) is 1.78. The summed E-state index contributed by atoms with van der Waals surface area (Å²) in [6.07, 6.45) is 5.95. The highest BCUT2D eigenvalue weighted by atomic mass is 19.1. The smallest absolute Gasteiger partial charge is 0.254 e. The number of fused-ring (bicyclic) bond motifs is 1. The average molecular weight is 432 g/mol. The molecule has 164 valence electrons. The van der Waals surface area contributed by atoms with Gasteiger partial charge in [0.1, 0.15) is 11.6 Å². The highest BCUT2D eigenvalue weighted by Crippen LogP contribution is 2.33. The van der Waals surface area contributed by atoms with Crippen LogP contribution >= 0.6 is 0 Å². The van der Waals surface area contributed by atoms with Gasteiger partial charge < -0.3 is 9.64 Å². The number of carbonyl (C=O) groups is 1. The molecule has 0 aliphatic rings. The normalized spacial score (nSPS) is 12.0. The van der Waals surface area contributed by atoms with Gasteiger partial charge in [0.2, 0.25) is 0 Å². The second kappa shape index (κ2) is 9.18. The summed E-state index contributed by atoms with van der Waals surface area (Å²) in [6, 6.07) is 11.4. The molecule has 0 saturated heterocycles. The van der Waals surface area contributed by atoms with Crippen molar-refractivity contribution >= 4 is 16.8 Å². The van der Waals surface area contributed by atoms with Crippen LogP contribution in [0.15, 0.2) is 61.1 Å². The molecule has 0 bridgehead atoms. The summed E-state index contributed by atoms with van der Waals surface area (Å²) >= 11 is 0. The minimum Gasteiger partial charge on any atom is -0.493 e. The van der Waals surface area contributed by atoms with E-state index in [1.54, 1.807) is 54.8 Å². The lowest BCUT2D eigenvalue weighted by Crippen LogP contribution is -2.31. The van der Waals surface area contributed by atoms with Crippen LogP contribution in [0.25, 0.3) is 22.0 Å². The minimum atomic E-state index is -0.322. The molecule has 0 aliphatic heterocycles. The molecule has 0 spiro atoms. The summed E-state index contributed by atoms with van der Waals surface area (Å²) in [5.41, 5.74) is 3.73. The van der Waals surface area contributed by atoms with Gasteiger partial charge in [0.05, 0.1) is 24.4 Å². The van der Waals surface area contributed by atoms with Crippen LogP contribution in [0.5, 0.6) is 5.75 Å². The number of pyridine rings is 1. The number of hydrogen-bond donors (Lipinski definition) is 1. The number of H-pyrrole nitrogens is 1. The average Bonchev–Trinajstić information content (AvgIpc) is 3.29. The van der Waals surface area contributed by atoms with E-state index in [2.05, 4.69) is 15.2 Å². The number of benzene rings is 2. The summed E-state index contributed by atoms with van der Waals surface area (Å²) in [5, 5.41) is 8.02. The number of carbonyl (C=O) groups excluding carboxylic acids is 1. The third-order valence-corrected chi connectivity index (χ3v) is 5.58. The molecule has 32 heavy (non-hydrogen) atoms. The van der Waals surface area contributed by atoms with Crippen molar-refractivity contribution in [2.45, 2.75) is 26.3 Å². The maximum atomic E-state index is 13.7. The van der Waals surface area contributed by atoms with E-state index in [9.17, 15) is 9.18 Å². The lowest BCUT2D eigenvalue weighted by molar-refractivity contribution is 0.0726. The largest absolute Gasteiger partial charge is 0.493 e. The quantitative estimate of drug-likeness (QED) is 0.425. The molecule has 1 atom stereocenters. The summed E-state index contributed by atoms with van der Waals surface area (Å²) < 4.78 is 19.6. The second-order valence-corrected chi connectivity index (χ2v) is 7.56. The highest BCUT2D eigenvalue weighted by molar-refractivity contribution is 5.96. The van der Waals surface area contributed by atoms with Gasteiger partial charge in [0.15, 0.2) is 0 Å². The molecule has 1 unspecified atom stereocenters. The number of nitrogens with one attached hydrogen (secondary N) is 1. The third-order valence-electron chi connectivity index (χ3n) is 5.58. The Labute approximate surface area is 186 Å². The Kier molecular flexibility index (Phi) is 6.16. The molecule has 2 aromatic carbocycles. The molecule has 0 fully saturated rings. The van der Waals surface area contributed by atoms with Crippen molar-refractivity contribution in [1.29, 1.82) is 0 Å². The van der Waals surface area contributed by atoms with Gasteiger partial charge in [0.25, 0.3) is 5.91 Å². The SMILES string of the molecule is CCOc1cc(C(=O)N(C)C(CC)c2cncc3cn[nH]c23)ccc1-c1cccc(F)c1. The van der Waals surface area contributed by atoms with Crippen LogP contribution < -0.4 is 4.74 Å². The molecule has 4 rings (SSSR count). The van der Waals surface area contributed by atoms with Crippen LogP contribution in [0.4, 0.5) is 4.39 Å². The van der Waals surface area contributed by atoms with E-state index in [4.69, 9.17) is 4.74 Å². The Hall–Kier alpha value is -3.74. The Morgan fingerprint density at radius 3 is 2.75 bits per heavy atom. The van der Waals surface area contributed by atoms with E-state index in [1.807, 2.05) is 19.9 Å². The van der Waals surface area contributed by atoms with Crippen LogP contribution in [-0.2, 0) is 0 Å². The Bertz CT molecular complexity index is 1250. The number of ether oxygens (including phenoxy) is 1. The van der Waals surface area contributed by atoms with E-state index < -0.39 is 0 Å². The zero-order valence-electron chi connectivity index (χ0n) is 18.3. The number of aromatic nitrogens is 3. The molecule has 4 aromatic rings. The van der Waals surface area contributed by atoms with Crippen LogP contribution in [0.3, 0.4) is 0 Å². The maximum Gasteiger partial charge on any atom is 0.254 e. The molecule has 0 saturated carbocycles. The van der Waals surface area contributed by atoms with E-state index in [1.165, 1.54) is 12.1 Å². The first-order valence-corrected chi connectivity index (χ1v) is 10.6. The van der Waals surface area contributed by atoms with E-state index >= 15 is 0 Å². The number of nitrogens with zero attached hydrogens (tertiary/aromatic N) is 3. The first-order chi connectivity index (χ1) is 15.5. The Morgan fingerprint density at radius 2 is 2.00 bits per heavy atom. The summed E-state index contributed by atoms with van der Waals surface area (Å²) in [6.45, 7) is 4.34. The van der Waals surface area contributed by atoms with Crippen molar-refractivity contribution in [3.8, 4) is 16.9 Å². The van der Waals surface area contributed by atoms with E-state index in [0.29, 0.717) is 29.9 Å². The number of amides is 1. The van der Waals surface area contributed by atoms with Crippen LogP contribution in [0.1, 0.15) is 42.2 Å². The van der Waals surface area contributed by atoms with Gasteiger partial charge in [-0.05, 0) is 49.2 Å². The van der Waals surface area contributed by atoms with Gasteiger partial charge >= 0.3 is 0 Å². The number of halogens is 1. The molecular weight excluding hydrogens is 407 g/mol. The van der Waals surface area contributed by atoms with Gasteiger partial charge in [-0.1, -0.05) is 19.1 Å². The fraction of sp³-hybridized carbons (Fsp3) is 0.240.